The van der Waals surface area contributed by atoms with Gasteiger partial charge in [-0.25, -0.2) is 0 Å². The fraction of sp³-hybridized carbons (Fsp3) is 0.467. The summed E-state index contributed by atoms with van der Waals surface area (Å²) < 4.78 is 20.7. The third kappa shape index (κ3) is 3.16. The third-order valence-corrected chi connectivity index (χ3v) is 3.59. The van der Waals surface area contributed by atoms with Crippen molar-refractivity contribution in [3.63, 3.8) is 0 Å². The van der Waals surface area contributed by atoms with E-state index in [1.807, 2.05) is 0 Å². The standard InChI is InChI=1S/C15H16O6/c16-12(8-19-15(17)10-3-5-18-6-4-10)11-1-2-13-14(7-11)21-9-20-13/h1-2,7,10H,3-6,8-9H2. The van der Waals surface area contributed by atoms with E-state index in [1.54, 1.807) is 18.2 Å². The summed E-state index contributed by atoms with van der Waals surface area (Å²) in [6.45, 7) is 1.04. The highest BCUT2D eigenvalue weighted by molar-refractivity contribution is 5.98. The molecule has 1 aromatic carbocycles. The van der Waals surface area contributed by atoms with Crippen LogP contribution in [0.15, 0.2) is 18.2 Å². The van der Waals surface area contributed by atoms with E-state index < -0.39 is 0 Å². The molecule has 6 heteroatoms. The van der Waals surface area contributed by atoms with Crippen molar-refractivity contribution in [3.05, 3.63) is 23.8 Å². The van der Waals surface area contributed by atoms with Gasteiger partial charge in [0.15, 0.2) is 23.9 Å². The van der Waals surface area contributed by atoms with Crippen LogP contribution in [0.4, 0.5) is 0 Å². The predicted octanol–water partition coefficient (Wildman–Crippen LogP) is 1.57. The van der Waals surface area contributed by atoms with Crippen molar-refractivity contribution in [3.8, 4) is 11.5 Å². The zero-order valence-electron chi connectivity index (χ0n) is 11.5. The molecule has 0 aliphatic carbocycles. The van der Waals surface area contributed by atoms with E-state index in [1.165, 1.54) is 0 Å². The molecular weight excluding hydrogens is 276 g/mol. The summed E-state index contributed by atoms with van der Waals surface area (Å²) in [5.41, 5.74) is 0.444. The molecule has 3 rings (SSSR count). The van der Waals surface area contributed by atoms with Crippen molar-refractivity contribution in [2.24, 2.45) is 5.92 Å². The second-order valence-electron chi connectivity index (χ2n) is 4.99. The molecule has 0 saturated carbocycles. The Morgan fingerprint density at radius 2 is 1.90 bits per heavy atom. The number of ether oxygens (including phenoxy) is 4. The second kappa shape index (κ2) is 6.13. The van der Waals surface area contributed by atoms with Crippen molar-refractivity contribution in [2.75, 3.05) is 26.6 Å². The smallest absolute Gasteiger partial charge is 0.309 e. The molecule has 0 spiro atoms. The highest BCUT2D eigenvalue weighted by atomic mass is 16.7. The van der Waals surface area contributed by atoms with E-state index in [2.05, 4.69) is 0 Å². The van der Waals surface area contributed by atoms with Gasteiger partial charge in [-0.3, -0.25) is 9.59 Å². The van der Waals surface area contributed by atoms with Crippen LogP contribution < -0.4 is 9.47 Å². The number of Topliss-reactive ketones (excluding diaryl/α,β-unsaturated/α-hetero) is 1. The van der Waals surface area contributed by atoms with Gasteiger partial charge in [0, 0.05) is 18.8 Å². The third-order valence-electron chi connectivity index (χ3n) is 3.59. The number of rotatable bonds is 4. The first-order valence-corrected chi connectivity index (χ1v) is 6.91. The molecule has 2 heterocycles. The number of carbonyl (C=O) groups is 2. The molecule has 21 heavy (non-hydrogen) atoms. The lowest BCUT2D eigenvalue weighted by atomic mass is 10.0. The number of hydrogen-bond donors (Lipinski definition) is 0. The SMILES string of the molecule is O=C(COC(=O)C1CCOCC1)c1ccc2c(c1)OCO2. The molecule has 2 aliphatic rings. The molecule has 0 unspecified atom stereocenters. The fourth-order valence-corrected chi connectivity index (χ4v) is 2.34. The Labute approximate surface area is 121 Å². The van der Waals surface area contributed by atoms with Crippen LogP contribution >= 0.6 is 0 Å². The molecule has 1 fully saturated rings. The van der Waals surface area contributed by atoms with Gasteiger partial charge in [-0.2, -0.15) is 0 Å². The minimum Gasteiger partial charge on any atom is -0.457 e. The van der Waals surface area contributed by atoms with Crippen molar-refractivity contribution in [1.82, 2.24) is 0 Å². The summed E-state index contributed by atoms with van der Waals surface area (Å²) in [6.07, 6.45) is 1.30. The van der Waals surface area contributed by atoms with Gasteiger partial charge in [-0.05, 0) is 31.0 Å². The van der Waals surface area contributed by atoms with Gasteiger partial charge in [0.1, 0.15) is 0 Å². The Balaban J connectivity index is 1.55. The second-order valence-corrected chi connectivity index (χ2v) is 4.99. The van der Waals surface area contributed by atoms with Gasteiger partial charge in [0.25, 0.3) is 0 Å². The highest BCUT2D eigenvalue weighted by Gasteiger charge is 2.24. The number of benzene rings is 1. The molecule has 1 aromatic rings. The van der Waals surface area contributed by atoms with Crippen molar-refractivity contribution in [1.29, 1.82) is 0 Å². The topological polar surface area (TPSA) is 71.1 Å². The van der Waals surface area contributed by atoms with E-state index in [9.17, 15) is 9.59 Å². The molecule has 0 atom stereocenters. The van der Waals surface area contributed by atoms with Crippen LogP contribution in [0.1, 0.15) is 23.2 Å². The lowest BCUT2D eigenvalue weighted by Crippen LogP contribution is -2.27. The summed E-state index contributed by atoms with van der Waals surface area (Å²) >= 11 is 0. The lowest BCUT2D eigenvalue weighted by Gasteiger charge is -2.20. The summed E-state index contributed by atoms with van der Waals surface area (Å²) in [5.74, 6) is 0.409. The number of esters is 1. The lowest BCUT2D eigenvalue weighted by molar-refractivity contribution is -0.150. The van der Waals surface area contributed by atoms with Crippen molar-refractivity contribution in [2.45, 2.75) is 12.8 Å². The Kier molecular flexibility index (Phi) is 4.06. The average Bonchev–Trinajstić information content (AvgIpc) is 3.00. The first kappa shape index (κ1) is 13.9. The van der Waals surface area contributed by atoms with Crippen LogP contribution in [0.2, 0.25) is 0 Å². The van der Waals surface area contributed by atoms with Crippen LogP contribution in [0, 0.1) is 5.92 Å². The minimum atomic E-state index is -0.326. The molecule has 0 radical (unpaired) electrons. The molecule has 112 valence electrons. The maximum Gasteiger partial charge on any atom is 0.309 e. The van der Waals surface area contributed by atoms with E-state index in [-0.39, 0.29) is 31.1 Å². The first-order chi connectivity index (χ1) is 10.2. The highest BCUT2D eigenvalue weighted by Crippen LogP contribution is 2.32. The molecule has 0 N–H and O–H groups in total. The maximum atomic E-state index is 12.0. The van der Waals surface area contributed by atoms with E-state index in [0.717, 1.165) is 0 Å². The van der Waals surface area contributed by atoms with Gasteiger partial charge in [-0.1, -0.05) is 0 Å². The summed E-state index contributed by atoms with van der Waals surface area (Å²) in [5, 5.41) is 0. The molecule has 0 bridgehead atoms. The van der Waals surface area contributed by atoms with Crippen LogP contribution in [0.25, 0.3) is 0 Å². The molecular formula is C15H16O6. The van der Waals surface area contributed by atoms with Crippen LogP contribution in [-0.2, 0) is 14.3 Å². The quantitative estimate of drug-likeness (QED) is 0.619. The number of carbonyl (C=O) groups excluding carboxylic acids is 2. The fourth-order valence-electron chi connectivity index (χ4n) is 2.34. The van der Waals surface area contributed by atoms with Crippen molar-refractivity contribution < 1.29 is 28.5 Å². The zero-order chi connectivity index (χ0) is 14.7. The number of ketones is 1. The average molecular weight is 292 g/mol. The van der Waals surface area contributed by atoms with Crippen LogP contribution in [0.5, 0.6) is 11.5 Å². The van der Waals surface area contributed by atoms with Gasteiger partial charge in [-0.15, -0.1) is 0 Å². The molecule has 6 nitrogen and oxygen atoms in total. The Bertz CT molecular complexity index is 547. The van der Waals surface area contributed by atoms with E-state index in [4.69, 9.17) is 18.9 Å². The molecule has 0 amide bonds. The summed E-state index contributed by atoms with van der Waals surface area (Å²) in [7, 11) is 0. The Morgan fingerprint density at radius 1 is 1.14 bits per heavy atom. The van der Waals surface area contributed by atoms with Gasteiger partial charge in [0.2, 0.25) is 6.79 Å². The largest absolute Gasteiger partial charge is 0.457 e. The minimum absolute atomic E-state index is 0.158. The van der Waals surface area contributed by atoms with Gasteiger partial charge >= 0.3 is 5.97 Å². The first-order valence-electron chi connectivity index (χ1n) is 6.91. The van der Waals surface area contributed by atoms with Crippen LogP contribution in [0.3, 0.4) is 0 Å². The normalized spacial score (nSPS) is 17.5. The molecule has 2 aliphatic heterocycles. The van der Waals surface area contributed by atoms with Gasteiger partial charge < -0.3 is 18.9 Å². The predicted molar refractivity (Wildman–Crippen MR) is 71.4 cm³/mol. The Morgan fingerprint density at radius 3 is 2.71 bits per heavy atom. The monoisotopic (exact) mass is 292 g/mol. The number of hydrogen-bond acceptors (Lipinski definition) is 6. The maximum absolute atomic E-state index is 12.0. The summed E-state index contributed by atoms with van der Waals surface area (Å²) in [6, 6.07) is 4.92. The van der Waals surface area contributed by atoms with Crippen LogP contribution in [-0.4, -0.2) is 38.4 Å². The van der Waals surface area contributed by atoms with Crippen molar-refractivity contribution >= 4 is 11.8 Å². The van der Waals surface area contributed by atoms with E-state index >= 15 is 0 Å². The number of fused-ring (bicyclic) bond motifs is 1. The van der Waals surface area contributed by atoms with E-state index in [0.29, 0.717) is 43.1 Å². The summed E-state index contributed by atoms with van der Waals surface area (Å²) in [4.78, 5) is 23.9. The Hall–Kier alpha value is -2.08. The van der Waals surface area contributed by atoms with Gasteiger partial charge in [0.05, 0.1) is 5.92 Å². The zero-order valence-corrected chi connectivity index (χ0v) is 11.5. The molecule has 1 saturated heterocycles. The molecule has 0 aromatic heterocycles.